The lowest BCUT2D eigenvalue weighted by Gasteiger charge is -2.29. The summed E-state index contributed by atoms with van der Waals surface area (Å²) in [6, 6.07) is 4.87. The standard InChI is InChI=1S/C15H18F3NO2/c1-10(2)14(13(20)21)7-8-19(9-14)12-5-3-11(4-6-12)15(16,17)18/h3-6,10H,7-9H2,1-2H3,(H,20,21). The minimum Gasteiger partial charge on any atom is -0.481 e. The van der Waals surface area contributed by atoms with Crippen LogP contribution in [0.2, 0.25) is 0 Å². The van der Waals surface area contributed by atoms with E-state index in [9.17, 15) is 23.1 Å². The predicted molar refractivity (Wildman–Crippen MR) is 73.2 cm³/mol. The Kier molecular flexibility index (Phi) is 3.91. The Morgan fingerprint density at radius 1 is 1.29 bits per heavy atom. The van der Waals surface area contributed by atoms with Gasteiger partial charge in [0.05, 0.1) is 11.0 Å². The van der Waals surface area contributed by atoms with E-state index in [4.69, 9.17) is 0 Å². The minimum atomic E-state index is -4.35. The first-order valence-electron chi connectivity index (χ1n) is 6.82. The summed E-state index contributed by atoms with van der Waals surface area (Å²) < 4.78 is 37.6. The summed E-state index contributed by atoms with van der Waals surface area (Å²) in [4.78, 5) is 13.4. The van der Waals surface area contributed by atoms with Crippen LogP contribution in [-0.2, 0) is 11.0 Å². The predicted octanol–water partition coefficient (Wildman–Crippen LogP) is 3.64. The first-order valence-corrected chi connectivity index (χ1v) is 6.82. The lowest BCUT2D eigenvalue weighted by Crippen LogP contribution is -2.39. The number of hydrogen-bond acceptors (Lipinski definition) is 2. The number of nitrogens with zero attached hydrogens (tertiary/aromatic N) is 1. The zero-order chi connectivity index (χ0) is 15.8. The van der Waals surface area contributed by atoms with E-state index in [0.717, 1.165) is 12.1 Å². The highest BCUT2D eigenvalue weighted by Gasteiger charge is 2.47. The van der Waals surface area contributed by atoms with E-state index in [-0.39, 0.29) is 5.92 Å². The molecule has 1 aliphatic heterocycles. The topological polar surface area (TPSA) is 40.5 Å². The molecule has 2 rings (SSSR count). The van der Waals surface area contributed by atoms with Gasteiger partial charge >= 0.3 is 12.1 Å². The zero-order valence-corrected chi connectivity index (χ0v) is 11.9. The van der Waals surface area contributed by atoms with Crippen molar-refractivity contribution in [1.29, 1.82) is 0 Å². The summed E-state index contributed by atoms with van der Waals surface area (Å²) in [7, 11) is 0. The van der Waals surface area contributed by atoms with Crippen molar-refractivity contribution in [2.75, 3.05) is 18.0 Å². The van der Waals surface area contributed by atoms with Gasteiger partial charge in [-0.1, -0.05) is 13.8 Å². The number of alkyl halides is 3. The van der Waals surface area contributed by atoms with E-state index in [1.807, 2.05) is 18.7 Å². The molecule has 21 heavy (non-hydrogen) atoms. The number of carboxylic acid groups (broad SMARTS) is 1. The van der Waals surface area contributed by atoms with Crippen molar-refractivity contribution in [3.63, 3.8) is 0 Å². The number of benzene rings is 1. The monoisotopic (exact) mass is 301 g/mol. The van der Waals surface area contributed by atoms with Crippen LogP contribution in [0.5, 0.6) is 0 Å². The average Bonchev–Trinajstić information content (AvgIpc) is 2.84. The molecule has 1 atom stereocenters. The van der Waals surface area contributed by atoms with Crippen LogP contribution in [0.4, 0.5) is 18.9 Å². The summed E-state index contributed by atoms with van der Waals surface area (Å²) in [5.74, 6) is -0.874. The van der Waals surface area contributed by atoms with Gasteiger partial charge in [-0.05, 0) is 36.6 Å². The molecular formula is C15H18F3NO2. The van der Waals surface area contributed by atoms with Crippen LogP contribution in [0.1, 0.15) is 25.8 Å². The van der Waals surface area contributed by atoms with Gasteiger partial charge in [0.25, 0.3) is 0 Å². The van der Waals surface area contributed by atoms with Crippen molar-refractivity contribution in [2.24, 2.45) is 11.3 Å². The highest BCUT2D eigenvalue weighted by molar-refractivity contribution is 5.77. The van der Waals surface area contributed by atoms with Gasteiger partial charge in [0.15, 0.2) is 0 Å². The molecule has 0 aliphatic carbocycles. The zero-order valence-electron chi connectivity index (χ0n) is 11.9. The van der Waals surface area contributed by atoms with Crippen molar-refractivity contribution in [3.05, 3.63) is 29.8 Å². The molecule has 0 saturated carbocycles. The van der Waals surface area contributed by atoms with Crippen molar-refractivity contribution in [3.8, 4) is 0 Å². The third kappa shape index (κ3) is 2.84. The molecule has 0 spiro atoms. The molecule has 1 aromatic carbocycles. The summed E-state index contributed by atoms with van der Waals surface area (Å²) in [5.41, 5.74) is -0.895. The maximum atomic E-state index is 12.5. The number of rotatable bonds is 3. The largest absolute Gasteiger partial charge is 0.481 e. The maximum absolute atomic E-state index is 12.5. The van der Waals surface area contributed by atoms with Crippen LogP contribution >= 0.6 is 0 Å². The molecule has 1 aromatic rings. The van der Waals surface area contributed by atoms with Crippen molar-refractivity contribution in [1.82, 2.24) is 0 Å². The van der Waals surface area contributed by atoms with Gasteiger partial charge in [-0.3, -0.25) is 4.79 Å². The van der Waals surface area contributed by atoms with Gasteiger partial charge in [-0.15, -0.1) is 0 Å². The fourth-order valence-electron chi connectivity index (χ4n) is 2.81. The number of halogens is 3. The van der Waals surface area contributed by atoms with E-state index < -0.39 is 23.1 Å². The summed E-state index contributed by atoms with van der Waals surface area (Å²) in [5, 5.41) is 9.47. The quantitative estimate of drug-likeness (QED) is 0.926. The lowest BCUT2D eigenvalue weighted by molar-refractivity contribution is -0.150. The molecule has 1 N–H and O–H groups in total. The third-order valence-corrected chi connectivity index (χ3v) is 4.39. The fraction of sp³-hybridized carbons (Fsp3) is 0.533. The number of hydrogen-bond donors (Lipinski definition) is 1. The molecule has 0 aromatic heterocycles. The molecule has 3 nitrogen and oxygen atoms in total. The van der Waals surface area contributed by atoms with E-state index in [2.05, 4.69) is 0 Å². The van der Waals surface area contributed by atoms with Crippen molar-refractivity contribution < 1.29 is 23.1 Å². The van der Waals surface area contributed by atoms with Gasteiger partial charge < -0.3 is 10.0 Å². The van der Waals surface area contributed by atoms with Crippen molar-refractivity contribution >= 4 is 11.7 Å². The van der Waals surface area contributed by atoms with E-state index in [0.29, 0.717) is 25.2 Å². The lowest BCUT2D eigenvalue weighted by atomic mass is 9.76. The first kappa shape index (κ1) is 15.7. The highest BCUT2D eigenvalue weighted by Crippen LogP contribution is 2.40. The highest BCUT2D eigenvalue weighted by atomic mass is 19.4. The molecule has 0 radical (unpaired) electrons. The van der Waals surface area contributed by atoms with E-state index >= 15 is 0 Å². The van der Waals surface area contributed by atoms with E-state index in [1.165, 1.54) is 12.1 Å². The molecule has 1 unspecified atom stereocenters. The molecule has 116 valence electrons. The van der Waals surface area contributed by atoms with Crippen LogP contribution in [0, 0.1) is 11.3 Å². The maximum Gasteiger partial charge on any atom is 0.416 e. The molecule has 6 heteroatoms. The van der Waals surface area contributed by atoms with Gasteiger partial charge in [-0.25, -0.2) is 0 Å². The number of carboxylic acids is 1. The Morgan fingerprint density at radius 3 is 2.24 bits per heavy atom. The summed E-state index contributed by atoms with van der Waals surface area (Å²) in [6.45, 7) is 4.59. The van der Waals surface area contributed by atoms with Crippen LogP contribution in [0.3, 0.4) is 0 Å². The Bertz CT molecular complexity index is 525. The first-order chi connectivity index (χ1) is 9.67. The Labute approximate surface area is 121 Å². The SMILES string of the molecule is CC(C)C1(C(=O)O)CCN(c2ccc(C(F)(F)F)cc2)C1. The average molecular weight is 301 g/mol. The Balaban J connectivity index is 2.20. The number of aliphatic carboxylic acids is 1. The third-order valence-electron chi connectivity index (χ3n) is 4.39. The molecule has 0 amide bonds. The van der Waals surface area contributed by atoms with Gasteiger partial charge in [0.2, 0.25) is 0 Å². The smallest absolute Gasteiger partial charge is 0.416 e. The number of carbonyl (C=O) groups is 1. The van der Waals surface area contributed by atoms with Gasteiger partial charge in [-0.2, -0.15) is 13.2 Å². The second-order valence-electron chi connectivity index (χ2n) is 5.83. The van der Waals surface area contributed by atoms with Crippen molar-refractivity contribution in [2.45, 2.75) is 26.4 Å². The van der Waals surface area contributed by atoms with Crippen LogP contribution in [-0.4, -0.2) is 24.2 Å². The van der Waals surface area contributed by atoms with Gasteiger partial charge in [0.1, 0.15) is 0 Å². The normalized spacial score (nSPS) is 22.9. The molecule has 1 saturated heterocycles. The fourth-order valence-corrected chi connectivity index (χ4v) is 2.81. The Morgan fingerprint density at radius 2 is 1.86 bits per heavy atom. The van der Waals surface area contributed by atoms with Crippen LogP contribution in [0.25, 0.3) is 0 Å². The second-order valence-corrected chi connectivity index (χ2v) is 5.83. The summed E-state index contributed by atoms with van der Waals surface area (Å²) in [6.07, 6.45) is -3.85. The minimum absolute atomic E-state index is 0.0329. The molecular weight excluding hydrogens is 283 g/mol. The molecule has 1 fully saturated rings. The summed E-state index contributed by atoms with van der Waals surface area (Å²) >= 11 is 0. The van der Waals surface area contributed by atoms with E-state index in [1.54, 1.807) is 0 Å². The molecule has 1 heterocycles. The second kappa shape index (κ2) is 5.24. The van der Waals surface area contributed by atoms with Gasteiger partial charge in [0, 0.05) is 18.8 Å². The van der Waals surface area contributed by atoms with Crippen LogP contribution < -0.4 is 4.90 Å². The number of anilines is 1. The van der Waals surface area contributed by atoms with Crippen LogP contribution in [0.15, 0.2) is 24.3 Å². The molecule has 1 aliphatic rings. The Hall–Kier alpha value is -1.72. The molecule has 0 bridgehead atoms.